The molecule has 0 aliphatic carbocycles. The zero-order valence-electron chi connectivity index (χ0n) is 16.4. The summed E-state index contributed by atoms with van der Waals surface area (Å²) in [4.78, 5) is 20.9. The number of carbonyl (C=O) groups excluding carboxylic acids is 1. The summed E-state index contributed by atoms with van der Waals surface area (Å²) in [5, 5.41) is 6.80. The van der Waals surface area contributed by atoms with Crippen molar-refractivity contribution in [3.8, 4) is 0 Å². The van der Waals surface area contributed by atoms with Crippen LogP contribution in [0, 0.1) is 0 Å². The molecule has 140 valence electrons. The lowest BCUT2D eigenvalue weighted by atomic mass is 10.2. The molecule has 1 atom stereocenters. The summed E-state index contributed by atoms with van der Waals surface area (Å²) in [6.45, 7) is 17.1. The molecule has 1 amide bonds. The molecule has 0 aromatic carbocycles. The van der Waals surface area contributed by atoms with Crippen molar-refractivity contribution in [1.29, 1.82) is 0 Å². The Morgan fingerprint density at radius 2 is 1.92 bits per heavy atom. The van der Waals surface area contributed by atoms with Gasteiger partial charge in [-0.3, -0.25) is 14.7 Å². The lowest BCUT2D eigenvalue weighted by Crippen LogP contribution is -2.45. The second kappa shape index (κ2) is 10.5. The number of carbonyl (C=O) groups is 1. The van der Waals surface area contributed by atoms with Crippen molar-refractivity contribution < 1.29 is 4.79 Å². The monoisotopic (exact) mass is 339 g/mol. The predicted molar refractivity (Wildman–Crippen MR) is 101 cm³/mol. The standard InChI is InChI=1S/C18H37N5O/c1-7-17(24)22-11-9-16(13-22)21-18(19-8-2)20-10-12-23(14(3)4)15(5)6/h14-16H,7-13H2,1-6H3,(H2,19,20,21). The molecule has 0 aromatic heterocycles. The molecule has 1 rings (SSSR count). The maximum absolute atomic E-state index is 11.8. The van der Waals surface area contributed by atoms with Gasteiger partial charge in [-0.05, 0) is 41.0 Å². The molecular formula is C18H37N5O. The van der Waals surface area contributed by atoms with Crippen molar-refractivity contribution in [2.75, 3.05) is 32.7 Å². The molecule has 1 unspecified atom stereocenters. The normalized spacial score (nSPS) is 18.8. The van der Waals surface area contributed by atoms with E-state index < -0.39 is 0 Å². The van der Waals surface area contributed by atoms with Crippen LogP contribution in [0.15, 0.2) is 4.99 Å². The van der Waals surface area contributed by atoms with Crippen LogP contribution < -0.4 is 10.6 Å². The number of hydrogen-bond acceptors (Lipinski definition) is 3. The SMILES string of the molecule is CCNC(=NCCN(C(C)C)C(C)C)NC1CCN(C(=O)CC)C1. The fraction of sp³-hybridized carbons (Fsp3) is 0.889. The Bertz CT molecular complexity index is 400. The van der Waals surface area contributed by atoms with Crippen molar-refractivity contribution in [2.24, 2.45) is 4.99 Å². The first-order valence-electron chi connectivity index (χ1n) is 9.47. The molecule has 6 heteroatoms. The fourth-order valence-electron chi connectivity index (χ4n) is 3.23. The van der Waals surface area contributed by atoms with Gasteiger partial charge in [0.15, 0.2) is 5.96 Å². The van der Waals surface area contributed by atoms with Gasteiger partial charge in [-0.2, -0.15) is 0 Å². The average Bonchev–Trinajstić information content (AvgIpc) is 2.98. The van der Waals surface area contributed by atoms with Gasteiger partial charge in [0.25, 0.3) is 0 Å². The van der Waals surface area contributed by atoms with Gasteiger partial charge >= 0.3 is 0 Å². The number of guanidine groups is 1. The maximum atomic E-state index is 11.8. The molecule has 6 nitrogen and oxygen atoms in total. The summed E-state index contributed by atoms with van der Waals surface area (Å²) in [7, 11) is 0. The maximum Gasteiger partial charge on any atom is 0.222 e. The highest BCUT2D eigenvalue weighted by atomic mass is 16.2. The minimum atomic E-state index is 0.241. The molecule has 24 heavy (non-hydrogen) atoms. The molecule has 0 radical (unpaired) electrons. The van der Waals surface area contributed by atoms with Crippen LogP contribution in [0.25, 0.3) is 0 Å². The zero-order valence-corrected chi connectivity index (χ0v) is 16.4. The van der Waals surface area contributed by atoms with Crippen molar-refractivity contribution in [1.82, 2.24) is 20.4 Å². The van der Waals surface area contributed by atoms with Crippen LogP contribution in [-0.4, -0.2) is 72.5 Å². The minimum absolute atomic E-state index is 0.241. The predicted octanol–water partition coefficient (Wildman–Crippen LogP) is 1.67. The van der Waals surface area contributed by atoms with Crippen LogP contribution in [-0.2, 0) is 4.79 Å². The van der Waals surface area contributed by atoms with E-state index >= 15 is 0 Å². The first kappa shape index (κ1) is 20.7. The van der Waals surface area contributed by atoms with E-state index in [0.29, 0.717) is 24.5 Å². The minimum Gasteiger partial charge on any atom is -0.357 e. The number of likely N-dealkylation sites (tertiary alicyclic amines) is 1. The Balaban J connectivity index is 2.53. The highest BCUT2D eigenvalue weighted by molar-refractivity contribution is 5.80. The van der Waals surface area contributed by atoms with Crippen molar-refractivity contribution in [2.45, 2.75) is 72.5 Å². The Morgan fingerprint density at radius 1 is 1.25 bits per heavy atom. The van der Waals surface area contributed by atoms with Gasteiger partial charge in [-0.1, -0.05) is 6.92 Å². The fourth-order valence-corrected chi connectivity index (χ4v) is 3.23. The third-order valence-corrected chi connectivity index (χ3v) is 4.48. The second-order valence-corrected chi connectivity index (χ2v) is 7.01. The summed E-state index contributed by atoms with van der Waals surface area (Å²) in [5.41, 5.74) is 0. The van der Waals surface area contributed by atoms with Gasteiger partial charge in [-0.15, -0.1) is 0 Å². The number of amides is 1. The third kappa shape index (κ3) is 6.67. The molecule has 0 spiro atoms. The van der Waals surface area contributed by atoms with Crippen LogP contribution in [0.4, 0.5) is 0 Å². The van der Waals surface area contributed by atoms with Gasteiger partial charge < -0.3 is 15.5 Å². The zero-order chi connectivity index (χ0) is 18.1. The van der Waals surface area contributed by atoms with E-state index in [1.165, 1.54) is 0 Å². The smallest absolute Gasteiger partial charge is 0.222 e. The summed E-state index contributed by atoms with van der Waals surface area (Å²) in [6.07, 6.45) is 1.57. The van der Waals surface area contributed by atoms with E-state index in [9.17, 15) is 4.79 Å². The highest BCUT2D eigenvalue weighted by Crippen LogP contribution is 2.10. The van der Waals surface area contributed by atoms with Crippen LogP contribution >= 0.6 is 0 Å². The molecule has 1 heterocycles. The first-order valence-corrected chi connectivity index (χ1v) is 9.47. The molecule has 0 aromatic rings. The van der Waals surface area contributed by atoms with Gasteiger partial charge in [0.2, 0.25) is 5.91 Å². The molecule has 1 aliphatic heterocycles. The van der Waals surface area contributed by atoms with Crippen LogP contribution in [0.1, 0.15) is 54.4 Å². The number of aliphatic imine (C=N–C) groups is 1. The lowest BCUT2D eigenvalue weighted by molar-refractivity contribution is -0.129. The lowest BCUT2D eigenvalue weighted by Gasteiger charge is -2.29. The van der Waals surface area contributed by atoms with E-state index in [2.05, 4.69) is 50.2 Å². The Labute approximate surface area is 148 Å². The van der Waals surface area contributed by atoms with Gasteiger partial charge in [0.1, 0.15) is 0 Å². The Hall–Kier alpha value is -1.30. The van der Waals surface area contributed by atoms with Crippen molar-refractivity contribution in [3.05, 3.63) is 0 Å². The molecule has 1 saturated heterocycles. The van der Waals surface area contributed by atoms with E-state index in [1.54, 1.807) is 0 Å². The van der Waals surface area contributed by atoms with Crippen molar-refractivity contribution in [3.63, 3.8) is 0 Å². The summed E-state index contributed by atoms with van der Waals surface area (Å²) < 4.78 is 0. The summed E-state index contributed by atoms with van der Waals surface area (Å²) in [5.74, 6) is 1.10. The first-order chi connectivity index (χ1) is 11.4. The van der Waals surface area contributed by atoms with Gasteiger partial charge in [0.05, 0.1) is 6.54 Å². The molecule has 0 bridgehead atoms. The van der Waals surface area contributed by atoms with Crippen LogP contribution in [0.2, 0.25) is 0 Å². The highest BCUT2D eigenvalue weighted by Gasteiger charge is 2.25. The number of nitrogens with one attached hydrogen (secondary N) is 2. The quantitative estimate of drug-likeness (QED) is 0.522. The summed E-state index contributed by atoms with van der Waals surface area (Å²) >= 11 is 0. The van der Waals surface area contributed by atoms with Crippen LogP contribution in [0.3, 0.4) is 0 Å². The number of hydrogen-bond donors (Lipinski definition) is 2. The van der Waals surface area contributed by atoms with Gasteiger partial charge in [0, 0.05) is 50.7 Å². The van der Waals surface area contributed by atoms with Crippen molar-refractivity contribution >= 4 is 11.9 Å². The largest absolute Gasteiger partial charge is 0.357 e. The molecule has 0 saturated carbocycles. The molecule has 1 aliphatic rings. The number of nitrogens with zero attached hydrogens (tertiary/aromatic N) is 3. The Morgan fingerprint density at radius 3 is 2.46 bits per heavy atom. The van der Waals surface area contributed by atoms with E-state index in [1.807, 2.05) is 11.8 Å². The van der Waals surface area contributed by atoms with E-state index in [4.69, 9.17) is 4.99 Å². The van der Waals surface area contributed by atoms with Gasteiger partial charge in [-0.25, -0.2) is 0 Å². The summed E-state index contributed by atoms with van der Waals surface area (Å²) in [6, 6.07) is 1.35. The average molecular weight is 340 g/mol. The second-order valence-electron chi connectivity index (χ2n) is 7.01. The topological polar surface area (TPSA) is 60.0 Å². The molecule has 1 fully saturated rings. The third-order valence-electron chi connectivity index (χ3n) is 4.48. The van der Waals surface area contributed by atoms with Crippen LogP contribution in [0.5, 0.6) is 0 Å². The molecule has 2 N–H and O–H groups in total. The van der Waals surface area contributed by atoms with E-state index in [-0.39, 0.29) is 5.91 Å². The molecular weight excluding hydrogens is 302 g/mol. The Kier molecular flexibility index (Phi) is 9.11. The number of rotatable bonds is 8. The van der Waals surface area contributed by atoms with E-state index in [0.717, 1.165) is 45.1 Å².